The summed E-state index contributed by atoms with van der Waals surface area (Å²) >= 11 is 0. The van der Waals surface area contributed by atoms with Gasteiger partial charge in [0.05, 0.1) is 12.0 Å². The summed E-state index contributed by atoms with van der Waals surface area (Å²) in [6.07, 6.45) is 6.06. The standard InChI is InChI=1S/C17H19BFN3O2/c1-12(18)8-15-13(4-6-24-7-5-19)9-16(21-15)17(23)14(10-20)11-22(2)3/h4,6,8-9,11,21H,5,7H2,1-3H3/b6-4+,12-8+,14-11+. The Hall–Kier alpha value is -2.75. The molecule has 0 aliphatic carbocycles. The second-order valence-corrected chi connectivity index (χ2v) is 5.25. The lowest BCUT2D eigenvalue weighted by molar-refractivity contribution is 0.103. The van der Waals surface area contributed by atoms with Crippen LogP contribution in [0.3, 0.4) is 0 Å². The van der Waals surface area contributed by atoms with Crippen LogP contribution in [0.1, 0.15) is 28.7 Å². The number of nitrogens with one attached hydrogen (secondary N) is 1. The number of carbonyl (C=O) groups excluding carboxylic acids is 1. The van der Waals surface area contributed by atoms with Gasteiger partial charge in [-0.15, -0.1) is 5.47 Å². The second-order valence-electron chi connectivity index (χ2n) is 5.25. The molecule has 5 nitrogen and oxygen atoms in total. The van der Waals surface area contributed by atoms with E-state index in [1.54, 1.807) is 44.1 Å². The fraction of sp³-hybridized carbons (Fsp3) is 0.294. The summed E-state index contributed by atoms with van der Waals surface area (Å²) in [5.74, 6) is -0.431. The van der Waals surface area contributed by atoms with Crippen molar-refractivity contribution in [3.63, 3.8) is 0 Å². The number of alkyl halides is 1. The molecule has 0 unspecified atom stereocenters. The van der Waals surface area contributed by atoms with E-state index in [9.17, 15) is 9.18 Å². The van der Waals surface area contributed by atoms with Crippen LogP contribution >= 0.6 is 0 Å². The van der Waals surface area contributed by atoms with Crippen molar-refractivity contribution < 1.29 is 13.9 Å². The van der Waals surface area contributed by atoms with Gasteiger partial charge in [-0.3, -0.25) is 4.79 Å². The molecule has 0 saturated heterocycles. The van der Waals surface area contributed by atoms with E-state index in [1.165, 1.54) is 12.5 Å². The minimum atomic E-state index is -0.587. The van der Waals surface area contributed by atoms with Crippen LogP contribution in [0, 0.1) is 11.3 Å². The minimum Gasteiger partial charge on any atom is -0.498 e. The van der Waals surface area contributed by atoms with Crippen molar-refractivity contribution in [1.82, 2.24) is 9.88 Å². The normalized spacial score (nSPS) is 12.3. The maximum Gasteiger partial charge on any atom is 0.221 e. The highest BCUT2D eigenvalue weighted by Gasteiger charge is 2.16. The highest BCUT2D eigenvalue weighted by Crippen LogP contribution is 2.18. The Balaban J connectivity index is 3.20. The summed E-state index contributed by atoms with van der Waals surface area (Å²) in [5.41, 5.74) is 2.04. The molecule has 0 aromatic carbocycles. The Morgan fingerprint density at radius 3 is 2.79 bits per heavy atom. The van der Waals surface area contributed by atoms with Gasteiger partial charge in [-0.25, -0.2) is 4.39 Å². The Bertz CT molecular complexity index is 708. The summed E-state index contributed by atoms with van der Waals surface area (Å²) in [6.45, 7) is 1.08. The van der Waals surface area contributed by atoms with Crippen molar-refractivity contribution in [2.75, 3.05) is 27.4 Å². The SMILES string of the molecule is [B]/C(C)=C/c1[nH]c(C(=O)/C(C#N)=C/N(C)C)cc1/C=C/OCCF. The van der Waals surface area contributed by atoms with Gasteiger partial charge in [0.25, 0.3) is 0 Å². The van der Waals surface area contributed by atoms with Gasteiger partial charge in [0.1, 0.15) is 32.8 Å². The molecule has 1 N–H and O–H groups in total. The van der Waals surface area contributed by atoms with Crippen molar-refractivity contribution in [3.8, 4) is 6.07 Å². The Morgan fingerprint density at radius 2 is 2.25 bits per heavy atom. The number of aromatic nitrogens is 1. The molecule has 0 fully saturated rings. The van der Waals surface area contributed by atoms with Crippen LogP contribution in [0.2, 0.25) is 0 Å². The average Bonchev–Trinajstić information content (AvgIpc) is 2.90. The number of aromatic amines is 1. The van der Waals surface area contributed by atoms with Crippen molar-refractivity contribution in [2.45, 2.75) is 6.92 Å². The summed E-state index contributed by atoms with van der Waals surface area (Å²) in [5, 5.41) is 9.15. The maximum absolute atomic E-state index is 12.4. The predicted molar refractivity (Wildman–Crippen MR) is 92.9 cm³/mol. The van der Waals surface area contributed by atoms with E-state index in [2.05, 4.69) is 4.98 Å². The zero-order valence-corrected chi connectivity index (χ0v) is 14.0. The van der Waals surface area contributed by atoms with Gasteiger partial charge in [0, 0.05) is 31.6 Å². The van der Waals surface area contributed by atoms with Gasteiger partial charge in [0.2, 0.25) is 5.78 Å². The molecule has 1 heterocycles. The number of H-pyrrole nitrogens is 1. The number of hydrogen-bond donors (Lipinski definition) is 1. The topological polar surface area (TPSA) is 69.1 Å². The maximum atomic E-state index is 12.4. The van der Waals surface area contributed by atoms with Gasteiger partial charge < -0.3 is 14.6 Å². The Morgan fingerprint density at radius 1 is 1.54 bits per heavy atom. The molecule has 1 aromatic heterocycles. The van der Waals surface area contributed by atoms with E-state index < -0.39 is 12.5 Å². The lowest BCUT2D eigenvalue weighted by Gasteiger charge is -2.04. The molecular formula is C17H19BFN3O2. The number of nitriles is 1. The second kappa shape index (κ2) is 9.41. The summed E-state index contributed by atoms with van der Waals surface area (Å²) in [6, 6.07) is 3.48. The van der Waals surface area contributed by atoms with Gasteiger partial charge in [-0.05, 0) is 18.2 Å². The Labute approximate surface area is 142 Å². The fourth-order valence-corrected chi connectivity index (χ4v) is 1.87. The van der Waals surface area contributed by atoms with Gasteiger partial charge in [-0.2, -0.15) is 5.26 Å². The van der Waals surface area contributed by atoms with Crippen LogP contribution in [0.15, 0.2) is 29.6 Å². The van der Waals surface area contributed by atoms with E-state index in [0.717, 1.165) is 0 Å². The van der Waals surface area contributed by atoms with Crippen LogP contribution in [0.4, 0.5) is 4.39 Å². The summed E-state index contributed by atoms with van der Waals surface area (Å²) in [4.78, 5) is 17.0. The van der Waals surface area contributed by atoms with E-state index in [0.29, 0.717) is 16.7 Å². The Kier molecular flexibility index (Phi) is 7.57. The first kappa shape index (κ1) is 19.3. The first-order valence-corrected chi connectivity index (χ1v) is 7.23. The first-order chi connectivity index (χ1) is 11.4. The third kappa shape index (κ3) is 5.80. The summed E-state index contributed by atoms with van der Waals surface area (Å²) < 4.78 is 17.0. The molecule has 1 aromatic rings. The average molecular weight is 327 g/mol. The van der Waals surface area contributed by atoms with Gasteiger partial charge >= 0.3 is 0 Å². The van der Waals surface area contributed by atoms with Crippen molar-refractivity contribution in [1.29, 1.82) is 5.26 Å². The third-order valence-electron chi connectivity index (χ3n) is 2.79. The van der Waals surface area contributed by atoms with Crippen molar-refractivity contribution >= 4 is 25.8 Å². The number of allylic oxidation sites excluding steroid dienone is 2. The third-order valence-corrected chi connectivity index (χ3v) is 2.79. The van der Waals surface area contributed by atoms with Gasteiger partial charge in [-0.1, -0.05) is 6.92 Å². The molecule has 0 saturated carbocycles. The van der Waals surface area contributed by atoms with Crippen molar-refractivity contribution in [3.05, 3.63) is 46.5 Å². The molecule has 0 bridgehead atoms. The molecule has 2 radical (unpaired) electrons. The molecule has 7 heteroatoms. The number of ether oxygens (including phenoxy) is 1. The lowest BCUT2D eigenvalue weighted by Crippen LogP contribution is -2.09. The fourth-order valence-electron chi connectivity index (χ4n) is 1.87. The molecule has 124 valence electrons. The number of hydrogen-bond acceptors (Lipinski definition) is 4. The first-order valence-electron chi connectivity index (χ1n) is 7.23. The van der Waals surface area contributed by atoms with Crippen LogP contribution < -0.4 is 0 Å². The number of Topliss-reactive ketones (excluding diaryl/α,β-unsaturated/α-hetero) is 1. The molecule has 1 rings (SSSR count). The summed E-state index contributed by atoms with van der Waals surface area (Å²) in [7, 11) is 9.14. The zero-order valence-electron chi connectivity index (χ0n) is 14.0. The van der Waals surface area contributed by atoms with E-state index in [4.69, 9.17) is 17.8 Å². The number of carbonyl (C=O) groups is 1. The predicted octanol–water partition coefficient (Wildman–Crippen LogP) is 2.65. The van der Waals surface area contributed by atoms with E-state index >= 15 is 0 Å². The number of nitrogens with zero attached hydrogens (tertiary/aromatic N) is 2. The minimum absolute atomic E-state index is 0.00505. The highest BCUT2D eigenvalue weighted by atomic mass is 19.1. The van der Waals surface area contributed by atoms with Crippen LogP contribution in [-0.2, 0) is 4.74 Å². The monoisotopic (exact) mass is 327 g/mol. The molecule has 0 atom stereocenters. The van der Waals surface area contributed by atoms with Crippen LogP contribution in [0.5, 0.6) is 0 Å². The molecule has 0 amide bonds. The number of rotatable bonds is 8. The highest BCUT2D eigenvalue weighted by molar-refractivity contribution is 6.23. The zero-order chi connectivity index (χ0) is 18.1. The van der Waals surface area contributed by atoms with Crippen molar-refractivity contribution in [2.24, 2.45) is 0 Å². The molecular weight excluding hydrogens is 308 g/mol. The van der Waals surface area contributed by atoms with Crippen LogP contribution in [0.25, 0.3) is 12.2 Å². The molecule has 0 spiro atoms. The van der Waals surface area contributed by atoms with E-state index in [1.807, 2.05) is 6.07 Å². The van der Waals surface area contributed by atoms with Crippen LogP contribution in [-0.4, -0.2) is 50.9 Å². The number of ketones is 1. The quantitative estimate of drug-likeness (QED) is 0.199. The molecule has 0 aliphatic rings. The van der Waals surface area contributed by atoms with Gasteiger partial charge in [0.15, 0.2) is 0 Å². The lowest BCUT2D eigenvalue weighted by atomic mass is 9.96. The van der Waals surface area contributed by atoms with E-state index in [-0.39, 0.29) is 17.9 Å². The molecule has 0 aliphatic heterocycles. The smallest absolute Gasteiger partial charge is 0.221 e. The molecule has 24 heavy (non-hydrogen) atoms. The largest absolute Gasteiger partial charge is 0.498 e. The number of halogens is 1.